The molecule has 0 saturated carbocycles. The molecular weight excluding hydrogens is 616 g/mol. The van der Waals surface area contributed by atoms with Crippen LogP contribution in [-0.2, 0) is 25.6 Å². The van der Waals surface area contributed by atoms with Crippen molar-refractivity contribution in [2.45, 2.75) is 115 Å². The molecule has 0 radical (unpaired) electrons. The number of hydrazine groups is 1. The van der Waals surface area contributed by atoms with Gasteiger partial charge in [0.15, 0.2) is 0 Å². The van der Waals surface area contributed by atoms with Crippen molar-refractivity contribution >= 4 is 35.0 Å². The number of anilines is 2. The summed E-state index contributed by atoms with van der Waals surface area (Å²) in [6.07, 6.45) is 0.730. The summed E-state index contributed by atoms with van der Waals surface area (Å²) in [7, 11) is 0. The van der Waals surface area contributed by atoms with Crippen molar-refractivity contribution in [3.63, 3.8) is 0 Å². The molecule has 13 heteroatoms. The monoisotopic (exact) mass is 668 g/mol. The Hall–Kier alpha value is -4.20. The molecule has 0 aromatic heterocycles. The highest BCUT2D eigenvalue weighted by Gasteiger charge is 2.32. The lowest BCUT2D eigenvalue weighted by Crippen LogP contribution is -2.59. The van der Waals surface area contributed by atoms with Gasteiger partial charge in [0.25, 0.3) is 0 Å². The Labute approximate surface area is 282 Å². The summed E-state index contributed by atoms with van der Waals surface area (Å²) in [5.41, 5.74) is 10.7. The smallest absolute Gasteiger partial charge is 0.245 e. The van der Waals surface area contributed by atoms with Gasteiger partial charge in [0.1, 0.15) is 12.1 Å². The van der Waals surface area contributed by atoms with Gasteiger partial charge >= 0.3 is 0 Å². The zero-order valence-electron chi connectivity index (χ0n) is 28.1. The van der Waals surface area contributed by atoms with E-state index in [1.165, 1.54) is 25.0 Å². The maximum atomic E-state index is 13.1. The Balaban J connectivity index is 1.39. The van der Waals surface area contributed by atoms with Crippen LogP contribution < -0.4 is 32.1 Å². The fourth-order valence-corrected chi connectivity index (χ4v) is 5.28. The highest BCUT2D eigenvalue weighted by molar-refractivity contribution is 5.92. The molecule has 6 atom stereocenters. The van der Waals surface area contributed by atoms with Gasteiger partial charge in [-0.05, 0) is 76.3 Å². The largest absolute Gasteiger partial charge is 0.393 e. The number of benzene rings is 2. The maximum Gasteiger partial charge on any atom is 0.245 e. The van der Waals surface area contributed by atoms with Gasteiger partial charge in [-0.15, -0.1) is 0 Å². The molecule has 1 aliphatic heterocycles. The first kappa shape index (κ1) is 38.2. The van der Waals surface area contributed by atoms with Crippen molar-refractivity contribution in [1.29, 1.82) is 0 Å². The molecule has 0 aliphatic carbocycles. The quantitative estimate of drug-likeness (QED) is 0.106. The van der Waals surface area contributed by atoms with E-state index in [4.69, 9.17) is 0 Å². The number of nitrogens with one attached hydrogen (secondary N) is 6. The minimum atomic E-state index is -1.31. The highest BCUT2D eigenvalue weighted by Crippen LogP contribution is 2.15. The zero-order chi connectivity index (χ0) is 35.1. The molecule has 2 aromatic rings. The van der Waals surface area contributed by atoms with Crippen molar-refractivity contribution in [2.75, 3.05) is 17.4 Å². The molecule has 1 heterocycles. The first-order valence-corrected chi connectivity index (χ1v) is 16.8. The summed E-state index contributed by atoms with van der Waals surface area (Å²) < 4.78 is 0. The van der Waals surface area contributed by atoms with E-state index in [1.807, 2.05) is 43.3 Å². The van der Waals surface area contributed by atoms with E-state index in [0.29, 0.717) is 6.42 Å². The number of hydrogen-bond acceptors (Lipinski definition) is 9. The molecule has 1 fully saturated rings. The topological polar surface area (TPSA) is 201 Å². The SMILES string of the molecule is Cc1ccc(NNc2ccc(CCCCCCC(=O)N[C@H](C(=O)N[C@H]3C[C@@H](O)CCNC(=O)C[C@@H](O)[C@H](C)NC3=O)[C@@H](C)O)cc2)cc1. The van der Waals surface area contributed by atoms with E-state index in [0.717, 1.165) is 37.1 Å². The van der Waals surface area contributed by atoms with Crippen LogP contribution in [0.2, 0.25) is 0 Å². The number of aliphatic hydroxyl groups is 3. The van der Waals surface area contributed by atoms with E-state index < -0.39 is 60.1 Å². The molecule has 0 unspecified atom stereocenters. The molecule has 48 heavy (non-hydrogen) atoms. The average Bonchev–Trinajstić information content (AvgIpc) is 3.04. The van der Waals surface area contributed by atoms with Gasteiger partial charge in [-0.25, -0.2) is 0 Å². The first-order valence-electron chi connectivity index (χ1n) is 16.8. The lowest BCUT2D eigenvalue weighted by atomic mass is 10.0. The Morgan fingerprint density at radius 2 is 1.56 bits per heavy atom. The predicted octanol–water partition coefficient (Wildman–Crippen LogP) is 1.80. The van der Waals surface area contributed by atoms with Crippen molar-refractivity contribution in [2.24, 2.45) is 0 Å². The molecule has 0 bridgehead atoms. The minimum absolute atomic E-state index is 0.129. The van der Waals surface area contributed by atoms with Crippen molar-refractivity contribution < 1.29 is 34.5 Å². The Morgan fingerprint density at radius 3 is 2.21 bits per heavy atom. The molecule has 2 aromatic carbocycles. The number of aryl methyl sites for hydroxylation is 2. The molecule has 0 spiro atoms. The van der Waals surface area contributed by atoms with Crippen LogP contribution in [-0.4, -0.2) is 81.9 Å². The number of carbonyl (C=O) groups excluding carboxylic acids is 4. The third kappa shape index (κ3) is 13.5. The van der Waals surface area contributed by atoms with Crippen molar-refractivity contribution in [1.82, 2.24) is 21.3 Å². The van der Waals surface area contributed by atoms with Crippen LogP contribution in [0.5, 0.6) is 0 Å². The molecule has 3 rings (SSSR count). The maximum absolute atomic E-state index is 13.1. The number of rotatable bonds is 14. The number of amides is 4. The standard InChI is InChI=1S/C35H52N6O7/c1-22-10-14-26(15-11-22)40-41-27-16-12-25(13-17-27)8-6-4-5-7-9-31(45)39-33(24(3)42)35(48)38-29-20-28(43)18-19-36-32(46)21-30(44)23(2)37-34(29)47/h10-17,23-24,28-30,33,40-44H,4-9,18-21H2,1-3H3,(H,36,46)(H,37,47)(H,38,48)(H,39,45)/t23-,24+,28-,29-,30+,33-/m0/s1. The third-order valence-electron chi connectivity index (χ3n) is 8.34. The Morgan fingerprint density at radius 1 is 0.938 bits per heavy atom. The van der Waals surface area contributed by atoms with Gasteiger partial charge in [0.05, 0.1) is 42.1 Å². The van der Waals surface area contributed by atoms with Crippen LogP contribution >= 0.6 is 0 Å². The summed E-state index contributed by atoms with van der Waals surface area (Å²) in [6, 6.07) is 13.0. The summed E-state index contributed by atoms with van der Waals surface area (Å²) in [4.78, 5) is 50.7. The van der Waals surface area contributed by atoms with Crippen LogP contribution in [0, 0.1) is 6.92 Å². The second-order valence-corrected chi connectivity index (χ2v) is 12.7. The fraction of sp³-hybridized carbons (Fsp3) is 0.543. The lowest BCUT2D eigenvalue weighted by Gasteiger charge is -2.28. The first-order chi connectivity index (χ1) is 22.9. The van der Waals surface area contributed by atoms with E-state index >= 15 is 0 Å². The molecule has 9 N–H and O–H groups in total. The van der Waals surface area contributed by atoms with Crippen LogP contribution in [0.3, 0.4) is 0 Å². The minimum Gasteiger partial charge on any atom is -0.393 e. The van der Waals surface area contributed by atoms with Crippen molar-refractivity contribution in [3.8, 4) is 0 Å². The fourth-order valence-electron chi connectivity index (χ4n) is 5.28. The molecule has 4 amide bonds. The summed E-state index contributed by atoms with van der Waals surface area (Å²) in [5.74, 6) is -2.23. The molecule has 1 saturated heterocycles. The second kappa shape index (κ2) is 19.6. The zero-order valence-corrected chi connectivity index (χ0v) is 28.1. The van der Waals surface area contributed by atoms with Gasteiger partial charge in [-0.3, -0.25) is 19.2 Å². The number of unbranched alkanes of at least 4 members (excludes halogenated alkanes) is 3. The van der Waals surface area contributed by atoms with Gasteiger partial charge in [0, 0.05) is 19.4 Å². The van der Waals surface area contributed by atoms with E-state index in [-0.39, 0.29) is 32.2 Å². The van der Waals surface area contributed by atoms with Crippen LogP contribution in [0.4, 0.5) is 11.4 Å². The van der Waals surface area contributed by atoms with Gasteiger partial charge < -0.3 is 47.4 Å². The lowest BCUT2D eigenvalue weighted by molar-refractivity contribution is -0.135. The highest BCUT2D eigenvalue weighted by atomic mass is 16.3. The normalized spacial score (nSPS) is 21.7. The summed E-state index contributed by atoms with van der Waals surface area (Å²) >= 11 is 0. The van der Waals surface area contributed by atoms with Crippen LogP contribution in [0.1, 0.15) is 76.3 Å². The Kier molecular flexibility index (Phi) is 15.6. The summed E-state index contributed by atoms with van der Waals surface area (Å²) in [6.45, 7) is 5.07. The number of hydrogen-bond donors (Lipinski definition) is 9. The van der Waals surface area contributed by atoms with Crippen LogP contribution in [0.15, 0.2) is 48.5 Å². The van der Waals surface area contributed by atoms with Crippen LogP contribution in [0.25, 0.3) is 0 Å². The third-order valence-corrected chi connectivity index (χ3v) is 8.34. The van der Waals surface area contributed by atoms with Crippen molar-refractivity contribution in [3.05, 3.63) is 59.7 Å². The van der Waals surface area contributed by atoms with E-state index in [9.17, 15) is 34.5 Å². The van der Waals surface area contributed by atoms with E-state index in [1.54, 1.807) is 0 Å². The molecule has 1 aliphatic rings. The van der Waals surface area contributed by atoms with E-state index in [2.05, 4.69) is 44.3 Å². The molecule has 13 nitrogen and oxygen atoms in total. The number of carbonyl (C=O) groups is 4. The number of aliphatic hydroxyl groups excluding tert-OH is 3. The van der Waals surface area contributed by atoms with Gasteiger partial charge in [0.2, 0.25) is 23.6 Å². The Bertz CT molecular complexity index is 1320. The van der Waals surface area contributed by atoms with Gasteiger partial charge in [-0.2, -0.15) is 0 Å². The molecular formula is C35H52N6O7. The summed E-state index contributed by atoms with van der Waals surface area (Å²) in [5, 5.41) is 41.3. The molecule has 264 valence electrons. The average molecular weight is 669 g/mol. The predicted molar refractivity (Wildman–Crippen MR) is 184 cm³/mol. The van der Waals surface area contributed by atoms with Gasteiger partial charge in [-0.1, -0.05) is 42.7 Å². The second-order valence-electron chi connectivity index (χ2n) is 12.7.